The van der Waals surface area contributed by atoms with Crippen molar-refractivity contribution in [3.05, 3.63) is 33.8 Å². The van der Waals surface area contributed by atoms with E-state index >= 15 is 0 Å². The monoisotopic (exact) mass is 260 g/mol. The van der Waals surface area contributed by atoms with Crippen molar-refractivity contribution >= 4 is 23.2 Å². The van der Waals surface area contributed by atoms with Gasteiger partial charge in [0.1, 0.15) is 0 Å². The third-order valence-electron chi connectivity index (χ3n) is 2.51. The van der Waals surface area contributed by atoms with Crippen molar-refractivity contribution in [2.75, 3.05) is 26.7 Å². The van der Waals surface area contributed by atoms with Crippen LogP contribution in [0.15, 0.2) is 18.2 Å². The molecule has 0 saturated heterocycles. The molecule has 0 spiro atoms. The third-order valence-corrected chi connectivity index (χ3v) is 3.10. The molecular formula is C12H18Cl2N2. The van der Waals surface area contributed by atoms with Crippen molar-refractivity contribution < 1.29 is 0 Å². The lowest BCUT2D eigenvalue weighted by Gasteiger charge is -2.15. The molecule has 0 aliphatic heterocycles. The number of aryl methyl sites for hydroxylation is 1. The summed E-state index contributed by atoms with van der Waals surface area (Å²) in [5.74, 6) is 0. The van der Waals surface area contributed by atoms with E-state index in [0.717, 1.165) is 36.5 Å². The summed E-state index contributed by atoms with van der Waals surface area (Å²) < 4.78 is 0. The molecule has 2 nitrogen and oxygen atoms in total. The lowest BCUT2D eigenvalue weighted by atomic mass is 10.1. The van der Waals surface area contributed by atoms with Crippen LogP contribution in [0.25, 0.3) is 0 Å². The summed E-state index contributed by atoms with van der Waals surface area (Å²) in [4.78, 5) is 2.23. The maximum absolute atomic E-state index is 6.09. The van der Waals surface area contributed by atoms with Crippen LogP contribution in [0.1, 0.15) is 12.0 Å². The maximum atomic E-state index is 6.09. The summed E-state index contributed by atoms with van der Waals surface area (Å²) in [6.45, 7) is 2.68. The lowest BCUT2D eigenvalue weighted by molar-refractivity contribution is 0.338. The zero-order chi connectivity index (χ0) is 12.0. The van der Waals surface area contributed by atoms with Gasteiger partial charge in [0, 0.05) is 23.1 Å². The maximum Gasteiger partial charge on any atom is 0.0452 e. The number of nitrogens with two attached hydrogens (primary N) is 1. The minimum atomic E-state index is 0.689. The summed E-state index contributed by atoms with van der Waals surface area (Å²) >= 11 is 11.9. The molecule has 0 heterocycles. The highest BCUT2D eigenvalue weighted by molar-refractivity contribution is 6.35. The van der Waals surface area contributed by atoms with E-state index in [9.17, 15) is 0 Å². The van der Waals surface area contributed by atoms with Crippen molar-refractivity contribution in [1.29, 1.82) is 0 Å². The van der Waals surface area contributed by atoms with Gasteiger partial charge >= 0.3 is 0 Å². The summed E-state index contributed by atoms with van der Waals surface area (Å²) in [5, 5.41) is 1.45. The van der Waals surface area contributed by atoms with Gasteiger partial charge in [-0.3, -0.25) is 0 Å². The molecule has 16 heavy (non-hydrogen) atoms. The van der Waals surface area contributed by atoms with Crippen molar-refractivity contribution in [3.63, 3.8) is 0 Å². The smallest absolute Gasteiger partial charge is 0.0452 e. The van der Waals surface area contributed by atoms with Crippen LogP contribution < -0.4 is 5.73 Å². The highest BCUT2D eigenvalue weighted by Gasteiger charge is 2.02. The average molecular weight is 261 g/mol. The van der Waals surface area contributed by atoms with Gasteiger partial charge < -0.3 is 10.6 Å². The van der Waals surface area contributed by atoms with Crippen molar-refractivity contribution in [2.24, 2.45) is 5.73 Å². The van der Waals surface area contributed by atoms with Crippen molar-refractivity contribution in [3.8, 4) is 0 Å². The Kier molecular flexibility index (Phi) is 6.14. The average Bonchev–Trinajstić information content (AvgIpc) is 2.22. The quantitative estimate of drug-likeness (QED) is 0.853. The standard InChI is InChI=1S/C12H18Cl2N2/c1-16(8-6-15)7-2-3-10-4-5-11(13)9-12(10)14/h4-5,9H,2-3,6-8,15H2,1H3. The zero-order valence-corrected chi connectivity index (χ0v) is 11.1. The first-order chi connectivity index (χ1) is 7.63. The van der Waals surface area contributed by atoms with E-state index < -0.39 is 0 Å². The summed E-state index contributed by atoms with van der Waals surface area (Å²) in [6, 6.07) is 5.67. The van der Waals surface area contributed by atoms with Crippen LogP contribution in [0, 0.1) is 0 Å². The molecule has 4 heteroatoms. The molecule has 0 aliphatic carbocycles. The molecule has 1 aromatic carbocycles. The van der Waals surface area contributed by atoms with Gasteiger partial charge in [-0.1, -0.05) is 29.3 Å². The molecular weight excluding hydrogens is 243 g/mol. The summed E-state index contributed by atoms with van der Waals surface area (Å²) in [5.41, 5.74) is 6.64. The SMILES string of the molecule is CN(CCN)CCCc1ccc(Cl)cc1Cl. The van der Waals surface area contributed by atoms with E-state index in [-0.39, 0.29) is 0 Å². The highest BCUT2D eigenvalue weighted by Crippen LogP contribution is 2.21. The minimum absolute atomic E-state index is 0.689. The van der Waals surface area contributed by atoms with Crippen molar-refractivity contribution in [1.82, 2.24) is 4.90 Å². The van der Waals surface area contributed by atoms with Gasteiger partial charge in [0.15, 0.2) is 0 Å². The number of hydrogen-bond donors (Lipinski definition) is 1. The van der Waals surface area contributed by atoms with Gasteiger partial charge in [0.25, 0.3) is 0 Å². The van der Waals surface area contributed by atoms with E-state index in [0.29, 0.717) is 11.6 Å². The Morgan fingerprint density at radius 2 is 2.00 bits per heavy atom. The van der Waals surface area contributed by atoms with Crippen molar-refractivity contribution in [2.45, 2.75) is 12.8 Å². The number of benzene rings is 1. The fraction of sp³-hybridized carbons (Fsp3) is 0.500. The Labute approximate surface area is 107 Å². The molecule has 0 fully saturated rings. The number of halogens is 2. The Balaban J connectivity index is 2.37. The molecule has 0 saturated carbocycles. The van der Waals surface area contributed by atoms with Crippen LogP contribution in [-0.2, 0) is 6.42 Å². The van der Waals surface area contributed by atoms with Crippen LogP contribution in [0.5, 0.6) is 0 Å². The molecule has 0 amide bonds. The lowest BCUT2D eigenvalue weighted by Crippen LogP contribution is -2.26. The van der Waals surface area contributed by atoms with E-state index in [1.165, 1.54) is 0 Å². The normalized spacial score (nSPS) is 11.1. The summed E-state index contributed by atoms with van der Waals surface area (Å²) in [6.07, 6.45) is 2.06. The molecule has 1 aromatic rings. The first kappa shape index (κ1) is 13.8. The van der Waals surface area contributed by atoms with Gasteiger partial charge in [-0.25, -0.2) is 0 Å². The van der Waals surface area contributed by atoms with E-state index in [1.54, 1.807) is 6.07 Å². The first-order valence-corrected chi connectivity index (χ1v) is 6.21. The fourth-order valence-corrected chi connectivity index (χ4v) is 2.10. The Morgan fingerprint density at radius 1 is 1.25 bits per heavy atom. The van der Waals surface area contributed by atoms with Gasteiger partial charge in [0.05, 0.1) is 0 Å². The molecule has 0 radical (unpaired) electrons. The molecule has 0 atom stereocenters. The molecule has 1 rings (SSSR count). The van der Waals surface area contributed by atoms with Crippen LogP contribution >= 0.6 is 23.2 Å². The number of rotatable bonds is 6. The predicted octanol–water partition coefficient (Wildman–Crippen LogP) is 2.82. The minimum Gasteiger partial charge on any atom is -0.329 e. The first-order valence-electron chi connectivity index (χ1n) is 5.46. The topological polar surface area (TPSA) is 29.3 Å². The number of nitrogens with zero attached hydrogens (tertiary/aromatic N) is 1. The number of likely N-dealkylation sites (N-methyl/N-ethyl adjacent to an activating group) is 1. The van der Waals surface area contributed by atoms with Crippen LogP contribution in [0.3, 0.4) is 0 Å². The van der Waals surface area contributed by atoms with Gasteiger partial charge in [0.2, 0.25) is 0 Å². The van der Waals surface area contributed by atoms with Crippen LogP contribution in [0.4, 0.5) is 0 Å². The molecule has 90 valence electrons. The summed E-state index contributed by atoms with van der Waals surface area (Å²) in [7, 11) is 2.08. The fourth-order valence-electron chi connectivity index (χ4n) is 1.60. The van der Waals surface area contributed by atoms with E-state index in [4.69, 9.17) is 28.9 Å². The molecule has 0 unspecified atom stereocenters. The Bertz CT molecular complexity index is 329. The molecule has 2 N–H and O–H groups in total. The molecule has 0 bridgehead atoms. The van der Waals surface area contributed by atoms with Gasteiger partial charge in [-0.2, -0.15) is 0 Å². The largest absolute Gasteiger partial charge is 0.329 e. The second-order valence-electron chi connectivity index (χ2n) is 3.93. The van der Waals surface area contributed by atoms with E-state index in [1.807, 2.05) is 12.1 Å². The highest BCUT2D eigenvalue weighted by atomic mass is 35.5. The van der Waals surface area contributed by atoms with Crippen LogP contribution in [-0.4, -0.2) is 31.6 Å². The Hall–Kier alpha value is -0.280. The third kappa shape index (κ3) is 4.71. The van der Waals surface area contributed by atoms with Gasteiger partial charge in [-0.05, 0) is 44.1 Å². The predicted molar refractivity (Wildman–Crippen MR) is 71.3 cm³/mol. The Morgan fingerprint density at radius 3 is 2.62 bits per heavy atom. The molecule has 0 aliphatic rings. The second-order valence-corrected chi connectivity index (χ2v) is 4.77. The van der Waals surface area contributed by atoms with Gasteiger partial charge in [-0.15, -0.1) is 0 Å². The zero-order valence-electron chi connectivity index (χ0n) is 9.55. The molecule has 0 aromatic heterocycles. The van der Waals surface area contributed by atoms with Crippen LogP contribution in [0.2, 0.25) is 10.0 Å². The second kappa shape index (κ2) is 7.13. The number of hydrogen-bond acceptors (Lipinski definition) is 2. The van der Waals surface area contributed by atoms with E-state index in [2.05, 4.69) is 11.9 Å².